The second-order valence-electron chi connectivity index (χ2n) is 7.98. The number of hydrogen-bond acceptors (Lipinski definition) is 7. The molecule has 4 heterocycles. The Labute approximate surface area is 181 Å². The summed E-state index contributed by atoms with van der Waals surface area (Å²) >= 11 is 5.84. The molecule has 2 N–H and O–H groups in total. The Hall–Kier alpha value is -2.45. The highest BCUT2D eigenvalue weighted by Gasteiger charge is 2.27. The molecule has 2 saturated heterocycles. The second-order valence-corrected chi connectivity index (χ2v) is 8.42. The van der Waals surface area contributed by atoms with Gasteiger partial charge in [-0.1, -0.05) is 11.6 Å². The van der Waals surface area contributed by atoms with Crippen LogP contribution in [0.5, 0.6) is 0 Å². The molecular formula is C21H27ClN6O2. The van der Waals surface area contributed by atoms with Gasteiger partial charge in [0.1, 0.15) is 23.8 Å². The fraction of sp³-hybridized carbons (Fsp3) is 0.524. The molecule has 2 aliphatic rings. The summed E-state index contributed by atoms with van der Waals surface area (Å²) in [5.74, 6) is 2.58. The first-order chi connectivity index (χ1) is 14.6. The summed E-state index contributed by atoms with van der Waals surface area (Å²) in [5.41, 5.74) is 0. The van der Waals surface area contributed by atoms with Crippen LogP contribution in [0, 0.1) is 11.8 Å². The molecule has 1 amide bonds. The third kappa shape index (κ3) is 4.99. The number of halogens is 1. The van der Waals surface area contributed by atoms with Gasteiger partial charge in [-0.2, -0.15) is 0 Å². The van der Waals surface area contributed by atoms with Crippen LogP contribution in [0.4, 0.5) is 17.5 Å². The average molecular weight is 431 g/mol. The summed E-state index contributed by atoms with van der Waals surface area (Å²) in [6.07, 6.45) is 6.78. The van der Waals surface area contributed by atoms with E-state index in [1.165, 1.54) is 6.20 Å². The molecule has 0 bridgehead atoms. The van der Waals surface area contributed by atoms with Gasteiger partial charge >= 0.3 is 0 Å². The maximum absolute atomic E-state index is 12.6. The van der Waals surface area contributed by atoms with Gasteiger partial charge in [0.2, 0.25) is 5.91 Å². The molecule has 1 atom stereocenters. The fourth-order valence-corrected chi connectivity index (χ4v) is 4.27. The number of nitrogens with zero attached hydrogens (tertiary/aromatic N) is 5. The van der Waals surface area contributed by atoms with Crippen molar-refractivity contribution in [2.24, 2.45) is 11.8 Å². The Morgan fingerprint density at radius 3 is 2.57 bits per heavy atom. The minimum atomic E-state index is -0.0487. The molecule has 2 aromatic rings. The van der Waals surface area contributed by atoms with E-state index in [-0.39, 0.29) is 18.4 Å². The number of carbonyl (C=O) groups excluding carboxylic acids is 1. The highest BCUT2D eigenvalue weighted by Crippen LogP contribution is 2.27. The molecule has 2 fully saturated rings. The van der Waals surface area contributed by atoms with Gasteiger partial charge in [-0.05, 0) is 43.7 Å². The van der Waals surface area contributed by atoms with E-state index in [0.717, 1.165) is 63.5 Å². The van der Waals surface area contributed by atoms with Crippen molar-refractivity contribution in [3.05, 3.63) is 35.7 Å². The number of pyridine rings is 1. The highest BCUT2D eigenvalue weighted by molar-refractivity contribution is 6.30. The van der Waals surface area contributed by atoms with E-state index in [2.05, 4.69) is 30.1 Å². The first kappa shape index (κ1) is 20.8. The summed E-state index contributed by atoms with van der Waals surface area (Å²) in [7, 11) is 0. The van der Waals surface area contributed by atoms with E-state index in [0.29, 0.717) is 16.8 Å². The number of carbonyl (C=O) groups is 1. The Morgan fingerprint density at radius 1 is 1.10 bits per heavy atom. The number of aliphatic hydroxyl groups excluding tert-OH is 1. The number of amides is 1. The first-order valence-electron chi connectivity index (χ1n) is 10.5. The molecule has 0 aromatic carbocycles. The zero-order valence-corrected chi connectivity index (χ0v) is 17.6. The van der Waals surface area contributed by atoms with Crippen molar-refractivity contribution < 1.29 is 9.90 Å². The topological polar surface area (TPSA) is 94.5 Å². The number of anilines is 3. The van der Waals surface area contributed by atoms with Crippen LogP contribution in [-0.2, 0) is 4.79 Å². The molecule has 160 valence electrons. The van der Waals surface area contributed by atoms with Crippen molar-refractivity contribution in [3.63, 3.8) is 0 Å². The second kappa shape index (κ2) is 9.57. The van der Waals surface area contributed by atoms with Crippen LogP contribution in [0.3, 0.4) is 0 Å². The maximum atomic E-state index is 12.6. The van der Waals surface area contributed by atoms with Crippen LogP contribution >= 0.6 is 11.6 Å². The Balaban J connectivity index is 1.33. The van der Waals surface area contributed by atoms with Gasteiger partial charge < -0.3 is 20.2 Å². The lowest BCUT2D eigenvalue weighted by Crippen LogP contribution is -2.39. The molecule has 0 saturated carbocycles. The fourth-order valence-electron chi connectivity index (χ4n) is 4.15. The standard InChI is InChI=1S/C21H27ClN6O2/c22-17-3-4-18(23-11-17)26-21(30)16-5-8-27(9-6-16)19-10-20(25-14-24-19)28-7-1-2-15(12-28)13-29/h3-4,10-11,14-16,29H,1-2,5-9,12-13H2,(H,23,26,30). The van der Waals surface area contributed by atoms with E-state index >= 15 is 0 Å². The van der Waals surface area contributed by atoms with Gasteiger partial charge in [0.25, 0.3) is 0 Å². The van der Waals surface area contributed by atoms with Gasteiger partial charge in [-0.15, -0.1) is 0 Å². The SMILES string of the molecule is O=C(Nc1ccc(Cl)cn1)C1CCN(c2cc(N3CCCC(CO)C3)ncn2)CC1. The van der Waals surface area contributed by atoms with Crippen LogP contribution in [0.2, 0.25) is 5.02 Å². The van der Waals surface area contributed by atoms with Crippen molar-refractivity contribution in [1.82, 2.24) is 15.0 Å². The quantitative estimate of drug-likeness (QED) is 0.752. The average Bonchev–Trinajstić information content (AvgIpc) is 2.81. The van der Waals surface area contributed by atoms with Gasteiger partial charge in [-0.3, -0.25) is 4.79 Å². The number of piperidine rings is 2. The zero-order valence-electron chi connectivity index (χ0n) is 16.9. The summed E-state index contributed by atoms with van der Waals surface area (Å²) in [6.45, 7) is 3.53. The normalized spacial score (nSPS) is 20.3. The van der Waals surface area contributed by atoms with Crippen molar-refractivity contribution >= 4 is 35.0 Å². The largest absolute Gasteiger partial charge is 0.396 e. The summed E-state index contributed by atoms with van der Waals surface area (Å²) in [5, 5.41) is 12.9. The summed E-state index contributed by atoms with van der Waals surface area (Å²) in [4.78, 5) is 30.0. The molecule has 2 aliphatic heterocycles. The van der Waals surface area contributed by atoms with Crippen LogP contribution in [0.1, 0.15) is 25.7 Å². The van der Waals surface area contributed by atoms with E-state index < -0.39 is 0 Å². The molecule has 30 heavy (non-hydrogen) atoms. The summed E-state index contributed by atoms with van der Waals surface area (Å²) in [6, 6.07) is 5.45. The molecule has 1 unspecified atom stereocenters. The lowest BCUT2D eigenvalue weighted by molar-refractivity contribution is -0.120. The van der Waals surface area contributed by atoms with E-state index in [4.69, 9.17) is 11.6 Å². The third-order valence-electron chi connectivity index (χ3n) is 5.91. The van der Waals surface area contributed by atoms with Gasteiger partial charge in [0.15, 0.2) is 0 Å². The predicted octanol–water partition coefficient (Wildman–Crippen LogP) is 2.59. The van der Waals surface area contributed by atoms with Crippen LogP contribution in [0.15, 0.2) is 30.7 Å². The molecule has 9 heteroatoms. The predicted molar refractivity (Wildman–Crippen MR) is 117 cm³/mol. The van der Waals surface area contributed by atoms with E-state index in [1.807, 2.05) is 6.07 Å². The smallest absolute Gasteiger partial charge is 0.228 e. The highest BCUT2D eigenvalue weighted by atomic mass is 35.5. The van der Waals surface area contributed by atoms with Crippen molar-refractivity contribution in [2.75, 3.05) is 47.9 Å². The van der Waals surface area contributed by atoms with Gasteiger partial charge in [0.05, 0.1) is 5.02 Å². The lowest BCUT2D eigenvalue weighted by Gasteiger charge is -2.34. The monoisotopic (exact) mass is 430 g/mol. The Bertz CT molecular complexity index is 857. The molecule has 8 nitrogen and oxygen atoms in total. The molecular weight excluding hydrogens is 404 g/mol. The van der Waals surface area contributed by atoms with Crippen LogP contribution < -0.4 is 15.1 Å². The minimum Gasteiger partial charge on any atom is -0.396 e. The number of nitrogens with one attached hydrogen (secondary N) is 1. The Morgan fingerprint density at radius 2 is 1.87 bits per heavy atom. The number of aromatic nitrogens is 3. The molecule has 4 rings (SSSR count). The molecule has 0 spiro atoms. The lowest BCUT2D eigenvalue weighted by atomic mass is 9.96. The Kier molecular flexibility index (Phi) is 6.64. The maximum Gasteiger partial charge on any atom is 0.228 e. The third-order valence-corrected chi connectivity index (χ3v) is 6.13. The zero-order chi connectivity index (χ0) is 20.9. The molecule has 0 radical (unpaired) electrons. The minimum absolute atomic E-state index is 0.00351. The molecule has 0 aliphatic carbocycles. The van der Waals surface area contributed by atoms with Crippen LogP contribution in [-0.4, -0.2) is 58.8 Å². The number of aliphatic hydroxyl groups is 1. The summed E-state index contributed by atoms with van der Waals surface area (Å²) < 4.78 is 0. The van der Waals surface area contributed by atoms with Crippen molar-refractivity contribution in [2.45, 2.75) is 25.7 Å². The number of hydrogen-bond donors (Lipinski definition) is 2. The van der Waals surface area contributed by atoms with Gasteiger partial charge in [-0.25, -0.2) is 15.0 Å². The van der Waals surface area contributed by atoms with E-state index in [9.17, 15) is 9.90 Å². The number of rotatable bonds is 5. The van der Waals surface area contributed by atoms with Gasteiger partial charge in [0, 0.05) is 51.0 Å². The van der Waals surface area contributed by atoms with Crippen LogP contribution in [0.25, 0.3) is 0 Å². The van der Waals surface area contributed by atoms with Crippen molar-refractivity contribution in [3.8, 4) is 0 Å². The van der Waals surface area contributed by atoms with Crippen molar-refractivity contribution in [1.29, 1.82) is 0 Å². The van der Waals surface area contributed by atoms with E-state index in [1.54, 1.807) is 18.5 Å². The molecule has 2 aromatic heterocycles. The first-order valence-corrected chi connectivity index (χ1v) is 10.9.